The Labute approximate surface area is 158 Å². The third kappa shape index (κ3) is 3.80. The summed E-state index contributed by atoms with van der Waals surface area (Å²) in [4.78, 5) is 32.6. The lowest BCUT2D eigenvalue weighted by Crippen LogP contribution is -2.45. The molecule has 27 heavy (non-hydrogen) atoms. The Hall–Kier alpha value is -2.86. The van der Waals surface area contributed by atoms with Gasteiger partial charge < -0.3 is 9.64 Å². The molecular formula is C21H22N2O4. The van der Waals surface area contributed by atoms with Crippen molar-refractivity contribution in [1.29, 1.82) is 0 Å². The number of esters is 1. The van der Waals surface area contributed by atoms with E-state index in [0.717, 1.165) is 17.5 Å². The minimum atomic E-state index is -0.539. The molecule has 140 valence electrons. The van der Waals surface area contributed by atoms with E-state index in [0.29, 0.717) is 19.6 Å². The van der Waals surface area contributed by atoms with Crippen molar-refractivity contribution in [3.8, 4) is 0 Å². The number of benzene rings is 2. The second-order valence-corrected chi connectivity index (χ2v) is 6.86. The van der Waals surface area contributed by atoms with Gasteiger partial charge in [-0.05, 0) is 24.0 Å². The molecule has 2 aliphatic rings. The van der Waals surface area contributed by atoms with Crippen LogP contribution in [0.2, 0.25) is 0 Å². The van der Waals surface area contributed by atoms with E-state index in [2.05, 4.69) is 0 Å². The molecule has 2 heterocycles. The van der Waals surface area contributed by atoms with Crippen LogP contribution >= 0.6 is 0 Å². The number of piperidine rings is 1. The molecule has 2 fully saturated rings. The predicted octanol–water partition coefficient (Wildman–Crippen LogP) is 3.13. The number of ether oxygens (including phenoxy) is 1. The first-order chi connectivity index (χ1) is 13.2. The molecule has 6 nitrogen and oxygen atoms in total. The Morgan fingerprint density at radius 1 is 0.926 bits per heavy atom. The van der Waals surface area contributed by atoms with Crippen molar-refractivity contribution in [1.82, 2.24) is 9.96 Å². The molecule has 2 aromatic carbocycles. The fourth-order valence-corrected chi connectivity index (χ4v) is 3.59. The second kappa shape index (κ2) is 7.80. The highest BCUT2D eigenvalue weighted by Crippen LogP contribution is 2.31. The maximum atomic E-state index is 12.7. The molecule has 1 unspecified atom stereocenters. The minimum absolute atomic E-state index is 0.0145. The molecule has 2 saturated heterocycles. The van der Waals surface area contributed by atoms with Crippen LogP contribution in [0.3, 0.4) is 0 Å². The van der Waals surface area contributed by atoms with Crippen LogP contribution in [0, 0.1) is 0 Å². The molecule has 2 bridgehead atoms. The van der Waals surface area contributed by atoms with Gasteiger partial charge in [-0.25, -0.2) is 9.59 Å². The van der Waals surface area contributed by atoms with Gasteiger partial charge in [0.25, 0.3) is 0 Å². The van der Waals surface area contributed by atoms with Crippen LogP contribution in [-0.2, 0) is 27.6 Å². The topological polar surface area (TPSA) is 59.1 Å². The monoisotopic (exact) mass is 366 g/mol. The normalized spacial score (nSPS) is 21.4. The van der Waals surface area contributed by atoms with Crippen molar-refractivity contribution in [3.63, 3.8) is 0 Å². The molecule has 0 saturated carbocycles. The lowest BCUT2D eigenvalue weighted by atomic mass is 10.0. The summed E-state index contributed by atoms with van der Waals surface area (Å²) in [5.74, 6) is -0.351. The lowest BCUT2D eigenvalue weighted by molar-refractivity contribution is -0.151. The summed E-state index contributed by atoms with van der Waals surface area (Å²) >= 11 is 0. The molecule has 2 atom stereocenters. The quantitative estimate of drug-likeness (QED) is 0.737. The number of rotatable bonds is 6. The van der Waals surface area contributed by atoms with E-state index in [1.807, 2.05) is 60.7 Å². The molecule has 2 amide bonds. The lowest BCUT2D eigenvalue weighted by Gasteiger charge is -2.28. The molecule has 0 spiro atoms. The molecule has 0 N–H and O–H groups in total. The van der Waals surface area contributed by atoms with E-state index in [9.17, 15) is 9.59 Å². The maximum Gasteiger partial charge on any atom is 0.345 e. The second-order valence-electron chi connectivity index (χ2n) is 6.86. The van der Waals surface area contributed by atoms with E-state index in [4.69, 9.17) is 9.57 Å². The summed E-state index contributed by atoms with van der Waals surface area (Å²) in [5, 5.41) is 1.43. The average molecular weight is 366 g/mol. The summed E-state index contributed by atoms with van der Waals surface area (Å²) in [5.41, 5.74) is 1.93. The van der Waals surface area contributed by atoms with Crippen molar-refractivity contribution in [3.05, 3.63) is 71.8 Å². The molecule has 2 aliphatic heterocycles. The molecule has 2 aromatic rings. The summed E-state index contributed by atoms with van der Waals surface area (Å²) < 4.78 is 5.44. The maximum absolute atomic E-state index is 12.7. The molecular weight excluding hydrogens is 344 g/mol. The van der Waals surface area contributed by atoms with Gasteiger partial charge in [0.2, 0.25) is 0 Å². The Balaban J connectivity index is 1.35. The number of hydrogen-bond donors (Lipinski definition) is 0. The van der Waals surface area contributed by atoms with E-state index >= 15 is 0 Å². The van der Waals surface area contributed by atoms with Crippen LogP contribution in [0.5, 0.6) is 0 Å². The van der Waals surface area contributed by atoms with Gasteiger partial charge in [-0.15, -0.1) is 0 Å². The van der Waals surface area contributed by atoms with E-state index < -0.39 is 6.04 Å². The van der Waals surface area contributed by atoms with Crippen LogP contribution in [0.1, 0.15) is 24.0 Å². The van der Waals surface area contributed by atoms with E-state index in [1.165, 1.54) is 5.06 Å². The number of hydroxylamine groups is 2. The van der Waals surface area contributed by atoms with Crippen LogP contribution in [-0.4, -0.2) is 40.6 Å². The van der Waals surface area contributed by atoms with Crippen molar-refractivity contribution in [2.24, 2.45) is 0 Å². The number of amides is 2. The largest absolute Gasteiger partial charge is 0.459 e. The highest BCUT2D eigenvalue weighted by atomic mass is 16.7. The Morgan fingerprint density at radius 3 is 2.22 bits per heavy atom. The smallest absolute Gasteiger partial charge is 0.345 e. The molecule has 6 heteroatoms. The first-order valence-corrected chi connectivity index (χ1v) is 9.19. The van der Waals surface area contributed by atoms with E-state index in [1.54, 1.807) is 4.90 Å². The number of hydrogen-bond acceptors (Lipinski definition) is 4. The van der Waals surface area contributed by atoms with Crippen molar-refractivity contribution >= 4 is 12.0 Å². The molecule has 4 rings (SSSR count). The van der Waals surface area contributed by atoms with Gasteiger partial charge in [0, 0.05) is 6.54 Å². The zero-order chi connectivity index (χ0) is 18.6. The summed E-state index contributed by atoms with van der Waals surface area (Å²) in [6.45, 7) is 1.05. The van der Waals surface area contributed by atoms with Crippen LogP contribution < -0.4 is 0 Å². The third-order valence-electron chi connectivity index (χ3n) is 5.03. The fourth-order valence-electron chi connectivity index (χ4n) is 3.59. The minimum Gasteiger partial charge on any atom is -0.459 e. The van der Waals surface area contributed by atoms with Crippen molar-refractivity contribution in [2.45, 2.75) is 38.1 Å². The number of nitrogens with zero attached hydrogens (tertiary/aromatic N) is 2. The van der Waals surface area contributed by atoms with E-state index in [-0.39, 0.29) is 24.6 Å². The van der Waals surface area contributed by atoms with Crippen molar-refractivity contribution < 1.29 is 19.2 Å². The van der Waals surface area contributed by atoms with Gasteiger partial charge in [-0.3, -0.25) is 4.84 Å². The van der Waals surface area contributed by atoms with Crippen LogP contribution in [0.4, 0.5) is 4.79 Å². The summed E-state index contributed by atoms with van der Waals surface area (Å²) in [6, 6.07) is 18.4. The highest BCUT2D eigenvalue weighted by molar-refractivity contribution is 5.85. The fraction of sp³-hybridized carbons (Fsp3) is 0.333. The number of fused-ring (bicyclic) bond motifs is 2. The standard InChI is InChI=1S/C21H22N2O4/c24-20(26-14-16-7-3-1-4-8-16)19-12-11-18-13-22(19)21(25)23(18)27-15-17-9-5-2-6-10-17/h1-10,18-19H,11-15H2/t18?,19-/m0/s1. The number of carbonyl (C=O) groups is 2. The zero-order valence-electron chi connectivity index (χ0n) is 15.0. The first-order valence-electron chi connectivity index (χ1n) is 9.19. The zero-order valence-corrected chi connectivity index (χ0v) is 15.0. The summed E-state index contributed by atoms with van der Waals surface area (Å²) in [7, 11) is 0. The number of carbonyl (C=O) groups excluding carboxylic acids is 2. The average Bonchev–Trinajstić information content (AvgIpc) is 2.96. The Morgan fingerprint density at radius 2 is 1.56 bits per heavy atom. The van der Waals surface area contributed by atoms with Gasteiger partial charge in [0.15, 0.2) is 0 Å². The van der Waals surface area contributed by atoms with Gasteiger partial charge in [-0.2, -0.15) is 5.06 Å². The van der Waals surface area contributed by atoms with Gasteiger partial charge in [0.1, 0.15) is 19.3 Å². The van der Waals surface area contributed by atoms with Crippen LogP contribution in [0.25, 0.3) is 0 Å². The molecule has 0 aliphatic carbocycles. The van der Waals surface area contributed by atoms with Gasteiger partial charge in [-0.1, -0.05) is 60.7 Å². The van der Waals surface area contributed by atoms with Gasteiger partial charge >= 0.3 is 12.0 Å². The van der Waals surface area contributed by atoms with Gasteiger partial charge in [0.05, 0.1) is 6.04 Å². The van der Waals surface area contributed by atoms with Crippen molar-refractivity contribution in [2.75, 3.05) is 6.54 Å². The molecule has 0 radical (unpaired) electrons. The number of urea groups is 1. The highest BCUT2D eigenvalue weighted by Gasteiger charge is 2.48. The Bertz CT molecular complexity index is 796. The third-order valence-corrected chi connectivity index (χ3v) is 5.03. The Kier molecular flexibility index (Phi) is 5.07. The summed E-state index contributed by atoms with van der Waals surface area (Å²) in [6.07, 6.45) is 1.32. The predicted molar refractivity (Wildman–Crippen MR) is 98.2 cm³/mol. The first kappa shape index (κ1) is 17.5. The molecule has 0 aromatic heterocycles. The van der Waals surface area contributed by atoms with Crippen LogP contribution in [0.15, 0.2) is 60.7 Å². The SMILES string of the molecule is O=C(OCc1ccccc1)[C@@H]1CCC2CN1C(=O)N2OCc1ccccc1.